The fourth-order valence-corrected chi connectivity index (χ4v) is 2.13. The van der Waals surface area contributed by atoms with E-state index in [4.69, 9.17) is 4.61 Å². The highest BCUT2D eigenvalue weighted by Crippen LogP contribution is 2.54. The van der Waals surface area contributed by atoms with Crippen LogP contribution in [-0.4, -0.2) is 10.3 Å². The summed E-state index contributed by atoms with van der Waals surface area (Å²) in [4.78, 5) is 0. The zero-order valence-corrected chi connectivity index (χ0v) is 5.17. The summed E-state index contributed by atoms with van der Waals surface area (Å²) in [7, 11) is 0.861. The third-order valence-electron chi connectivity index (χ3n) is 0.604. The van der Waals surface area contributed by atoms with E-state index >= 15 is 0 Å². The molecule has 4 heteroatoms. The number of hydrogen-bond donors (Lipinski definition) is 1. The van der Waals surface area contributed by atoms with Gasteiger partial charge in [0.1, 0.15) is 0 Å². The van der Waals surface area contributed by atoms with E-state index in [0.29, 0.717) is 0 Å². The van der Waals surface area contributed by atoms with Crippen LogP contribution in [0.1, 0.15) is 6.92 Å². The molecular formula is C2H6N2S2. The molecular weight excluding hydrogens is 116 g/mol. The van der Waals surface area contributed by atoms with Crippen LogP contribution in [0.5, 0.6) is 0 Å². The normalized spacial score (nSPS) is 42.7. The smallest absolute Gasteiger partial charge is 0.0558 e. The molecule has 0 saturated carbocycles. The van der Waals surface area contributed by atoms with E-state index in [0.717, 1.165) is 6.54 Å². The van der Waals surface area contributed by atoms with Gasteiger partial charge in [0.05, 0.1) is 9.74 Å². The fourth-order valence-electron chi connectivity index (χ4n) is 0.247. The van der Waals surface area contributed by atoms with Crippen molar-refractivity contribution in [3.63, 3.8) is 0 Å². The highest BCUT2D eigenvalue weighted by molar-refractivity contribution is 8.90. The Morgan fingerprint density at radius 1 is 2.00 bits per heavy atom. The van der Waals surface area contributed by atoms with Crippen molar-refractivity contribution in [3.8, 4) is 0 Å². The molecule has 1 fully saturated rings. The summed E-state index contributed by atoms with van der Waals surface area (Å²) in [6, 6.07) is 0. The van der Waals surface area contributed by atoms with Crippen LogP contribution in [0.2, 0.25) is 0 Å². The summed E-state index contributed by atoms with van der Waals surface area (Å²) in [5, 5.41) is 0. The molecule has 0 N–H and O–H groups in total. The summed E-state index contributed by atoms with van der Waals surface area (Å²) >= 11 is 0. The molecule has 0 aromatic rings. The van der Waals surface area contributed by atoms with Gasteiger partial charge in [-0.3, -0.25) is 0 Å². The molecule has 0 spiro atoms. The zero-order valence-electron chi connectivity index (χ0n) is 3.46. The van der Waals surface area contributed by atoms with Gasteiger partial charge in [-0.15, -0.1) is 0 Å². The van der Waals surface area contributed by atoms with E-state index < -0.39 is 9.74 Å². The SMILES string of the molecule is CCN1S[SH]1#N. The van der Waals surface area contributed by atoms with E-state index in [1.807, 2.05) is 10.6 Å². The highest BCUT2D eigenvalue weighted by Gasteiger charge is 2.22. The molecule has 0 amide bonds. The van der Waals surface area contributed by atoms with Crippen LogP contribution in [0.25, 0.3) is 0 Å². The third kappa shape index (κ3) is 0.708. The van der Waals surface area contributed by atoms with E-state index in [1.165, 1.54) is 0 Å². The first-order valence-corrected chi connectivity index (χ1v) is 4.41. The van der Waals surface area contributed by atoms with Gasteiger partial charge in [0.2, 0.25) is 0 Å². The molecule has 0 aromatic carbocycles. The molecule has 0 aliphatic carbocycles. The van der Waals surface area contributed by atoms with E-state index in [1.54, 1.807) is 11.0 Å². The Morgan fingerprint density at radius 3 is 2.50 bits per heavy atom. The van der Waals surface area contributed by atoms with Crippen molar-refractivity contribution in [2.75, 3.05) is 6.54 Å². The van der Waals surface area contributed by atoms with Crippen molar-refractivity contribution < 1.29 is 0 Å². The lowest BCUT2D eigenvalue weighted by atomic mass is 10.8. The van der Waals surface area contributed by atoms with Crippen LogP contribution < -0.4 is 0 Å². The van der Waals surface area contributed by atoms with Crippen LogP contribution in [0, 0.1) is 4.61 Å². The van der Waals surface area contributed by atoms with Gasteiger partial charge in [-0.1, -0.05) is 6.92 Å². The zero-order chi connectivity index (χ0) is 4.57. The molecule has 36 valence electrons. The molecule has 1 saturated heterocycles. The first-order chi connectivity index (χ1) is 2.84. The molecule has 0 bridgehead atoms. The molecule has 1 rings (SSSR count). The number of rotatable bonds is 1. The highest BCUT2D eigenvalue weighted by atomic mass is 33.2. The lowest BCUT2D eigenvalue weighted by Crippen LogP contribution is -1.82. The van der Waals surface area contributed by atoms with Gasteiger partial charge in [-0.2, -0.15) is 3.71 Å². The summed E-state index contributed by atoms with van der Waals surface area (Å²) in [6.07, 6.45) is 0. The van der Waals surface area contributed by atoms with Gasteiger partial charge >= 0.3 is 0 Å². The Morgan fingerprint density at radius 2 is 2.50 bits per heavy atom. The second-order valence-electron chi connectivity index (χ2n) is 1.00. The number of hydrogen-bond acceptors (Lipinski definition) is 3. The second-order valence-corrected chi connectivity index (χ2v) is 4.34. The first-order valence-electron chi connectivity index (χ1n) is 1.79. The van der Waals surface area contributed by atoms with Crippen molar-refractivity contribution >= 4 is 20.7 Å². The van der Waals surface area contributed by atoms with E-state index in [2.05, 4.69) is 0 Å². The first kappa shape index (κ1) is 4.53. The lowest BCUT2D eigenvalue weighted by molar-refractivity contribution is 0.825. The predicted molar refractivity (Wildman–Crippen MR) is 30.7 cm³/mol. The molecule has 1 aliphatic heterocycles. The molecule has 0 radical (unpaired) electrons. The molecule has 0 aromatic heterocycles. The molecule has 1 heterocycles. The maximum atomic E-state index is 8.58. The standard InChI is InChI=1S/C2H6N2S2/c1-2-4-5-6(4)3/h6H,2H2,1H3. The second kappa shape index (κ2) is 1.46. The van der Waals surface area contributed by atoms with Crippen LogP contribution in [0.3, 0.4) is 0 Å². The maximum Gasteiger partial charge on any atom is 0.0558 e. The summed E-state index contributed by atoms with van der Waals surface area (Å²) < 4.78 is 10.5. The van der Waals surface area contributed by atoms with Gasteiger partial charge in [-0.25, -0.2) is 4.61 Å². The van der Waals surface area contributed by atoms with Crippen molar-refractivity contribution in [2.24, 2.45) is 0 Å². The Hall–Kier alpha value is 0.370. The Balaban J connectivity index is 2.32. The third-order valence-corrected chi connectivity index (χ3v) is 3.43. The lowest BCUT2D eigenvalue weighted by Gasteiger charge is -1.75. The Kier molecular flexibility index (Phi) is 1.10. The molecule has 2 atom stereocenters. The number of thiol groups is 1. The van der Waals surface area contributed by atoms with Gasteiger partial charge in [-0.05, 0) is 0 Å². The predicted octanol–water partition coefficient (Wildman–Crippen LogP) is 1.28. The minimum atomic E-state index is -0.684. The van der Waals surface area contributed by atoms with Crippen molar-refractivity contribution in [1.29, 1.82) is 4.61 Å². The van der Waals surface area contributed by atoms with E-state index in [9.17, 15) is 0 Å². The largest absolute Gasteiger partial charge is 0.205 e. The monoisotopic (exact) mass is 122 g/mol. The molecule has 2 nitrogen and oxygen atoms in total. The molecule has 6 heavy (non-hydrogen) atoms. The topological polar surface area (TPSA) is 26.8 Å². The summed E-state index contributed by atoms with van der Waals surface area (Å²) in [5.41, 5.74) is 0. The van der Waals surface area contributed by atoms with Crippen LogP contribution >= 0.6 is 20.7 Å². The van der Waals surface area contributed by atoms with Crippen LogP contribution in [-0.2, 0) is 0 Å². The van der Waals surface area contributed by atoms with Crippen molar-refractivity contribution in [3.05, 3.63) is 0 Å². The van der Waals surface area contributed by atoms with Crippen molar-refractivity contribution in [2.45, 2.75) is 6.92 Å². The molecule has 2 unspecified atom stereocenters. The number of nitrogens with zero attached hydrogens (tertiary/aromatic N) is 2. The maximum absolute atomic E-state index is 8.58. The van der Waals surface area contributed by atoms with Gasteiger partial charge in [0, 0.05) is 17.5 Å². The Labute approximate surface area is 43.1 Å². The van der Waals surface area contributed by atoms with Gasteiger partial charge < -0.3 is 0 Å². The van der Waals surface area contributed by atoms with E-state index in [-0.39, 0.29) is 0 Å². The quantitative estimate of drug-likeness (QED) is 0.246. The average molecular weight is 122 g/mol. The van der Waals surface area contributed by atoms with Crippen LogP contribution in [0.4, 0.5) is 0 Å². The summed E-state index contributed by atoms with van der Waals surface area (Å²) in [6.45, 7) is 3.01. The van der Waals surface area contributed by atoms with Crippen LogP contribution in [0.15, 0.2) is 0 Å². The molecule has 1 aliphatic rings. The van der Waals surface area contributed by atoms with Crippen molar-refractivity contribution in [1.82, 2.24) is 3.71 Å². The minimum Gasteiger partial charge on any atom is -0.205 e. The fraction of sp³-hybridized carbons (Fsp3) is 1.00. The average Bonchev–Trinajstić information content (AvgIpc) is 2.19. The summed E-state index contributed by atoms with van der Waals surface area (Å²) in [5.74, 6) is 0. The Bertz CT molecular complexity index is 112. The van der Waals surface area contributed by atoms with Gasteiger partial charge in [0.25, 0.3) is 0 Å². The van der Waals surface area contributed by atoms with Gasteiger partial charge in [0.15, 0.2) is 0 Å². The minimum absolute atomic E-state index is 0.684.